The Morgan fingerprint density at radius 1 is 1.44 bits per heavy atom. The third-order valence-corrected chi connectivity index (χ3v) is 4.57. The van der Waals surface area contributed by atoms with Gasteiger partial charge in [-0.25, -0.2) is 4.79 Å². The number of hydrogen-bond donors (Lipinski definition) is 2. The van der Waals surface area contributed by atoms with Gasteiger partial charge in [-0.1, -0.05) is 18.7 Å². The number of amides is 2. The number of nitrogens with one attached hydrogen (secondary N) is 1. The maximum atomic E-state index is 12.9. The molecule has 1 aromatic heterocycles. The molecule has 1 saturated heterocycles. The van der Waals surface area contributed by atoms with Crippen molar-refractivity contribution in [3.8, 4) is 5.75 Å². The molecule has 0 saturated carbocycles. The molecule has 1 fully saturated rings. The third-order valence-electron chi connectivity index (χ3n) is 4.57. The molecule has 2 N–H and O–H groups in total. The van der Waals surface area contributed by atoms with E-state index in [9.17, 15) is 9.90 Å². The lowest BCUT2D eigenvalue weighted by atomic mass is 10.1. The number of carbonyl (C=O) groups excluding carboxylic acids is 1. The quantitative estimate of drug-likeness (QED) is 0.877. The Balaban J connectivity index is 1.83. The summed E-state index contributed by atoms with van der Waals surface area (Å²) in [5, 5.41) is 17.2. The van der Waals surface area contributed by atoms with Gasteiger partial charge in [-0.3, -0.25) is 4.68 Å². The molecule has 0 spiro atoms. The van der Waals surface area contributed by atoms with Gasteiger partial charge >= 0.3 is 6.03 Å². The van der Waals surface area contributed by atoms with Crippen molar-refractivity contribution in [2.24, 2.45) is 0 Å². The highest BCUT2D eigenvalue weighted by Crippen LogP contribution is 2.34. The minimum absolute atomic E-state index is 0.00869. The van der Waals surface area contributed by atoms with Gasteiger partial charge in [-0.2, -0.15) is 5.10 Å². The van der Waals surface area contributed by atoms with Gasteiger partial charge in [0, 0.05) is 24.3 Å². The second kappa shape index (κ2) is 7.01. The number of carbonyl (C=O) groups is 1. The van der Waals surface area contributed by atoms with Crippen LogP contribution in [0.15, 0.2) is 37.0 Å². The fraction of sp³-hybridized carbons (Fsp3) is 0.368. The van der Waals surface area contributed by atoms with Crippen molar-refractivity contribution in [2.75, 3.05) is 11.9 Å². The molecule has 2 heterocycles. The Bertz CT molecular complexity index is 781. The minimum atomic E-state index is -0.173. The van der Waals surface area contributed by atoms with E-state index in [-0.39, 0.29) is 23.9 Å². The summed E-state index contributed by atoms with van der Waals surface area (Å²) in [7, 11) is 0. The molecule has 1 atom stereocenters. The number of anilines is 1. The topological polar surface area (TPSA) is 70.4 Å². The Morgan fingerprint density at radius 2 is 2.24 bits per heavy atom. The highest BCUT2D eigenvalue weighted by Gasteiger charge is 2.32. The van der Waals surface area contributed by atoms with Gasteiger partial charge in [-0.05, 0) is 44.9 Å². The van der Waals surface area contributed by atoms with Gasteiger partial charge in [0.25, 0.3) is 0 Å². The molecule has 0 radical (unpaired) electrons. The number of rotatable bonds is 4. The lowest BCUT2D eigenvalue weighted by molar-refractivity contribution is 0.204. The molecule has 3 rings (SSSR count). The lowest BCUT2D eigenvalue weighted by Crippen LogP contribution is -2.35. The zero-order valence-corrected chi connectivity index (χ0v) is 14.6. The fourth-order valence-electron chi connectivity index (χ4n) is 3.40. The van der Waals surface area contributed by atoms with Crippen LogP contribution in [0.1, 0.15) is 50.0 Å². The van der Waals surface area contributed by atoms with Crippen LogP contribution in [-0.4, -0.2) is 32.4 Å². The molecule has 0 bridgehead atoms. The Hall–Kier alpha value is -2.76. The molecule has 1 aromatic carbocycles. The van der Waals surface area contributed by atoms with Crippen molar-refractivity contribution in [1.29, 1.82) is 0 Å². The Labute approximate surface area is 147 Å². The second-order valence-corrected chi connectivity index (χ2v) is 6.52. The second-order valence-electron chi connectivity index (χ2n) is 6.52. The van der Waals surface area contributed by atoms with Crippen LogP contribution in [0.3, 0.4) is 0 Å². The number of aromatic hydroxyl groups is 1. The molecule has 1 unspecified atom stereocenters. The Kier molecular flexibility index (Phi) is 4.79. The number of phenolic OH excluding ortho intramolecular Hbond substituents is 1. The van der Waals surface area contributed by atoms with Crippen LogP contribution in [-0.2, 0) is 0 Å². The first kappa shape index (κ1) is 17.1. The van der Waals surface area contributed by atoms with E-state index in [0.29, 0.717) is 17.8 Å². The van der Waals surface area contributed by atoms with Gasteiger partial charge in [0.05, 0.1) is 17.4 Å². The van der Waals surface area contributed by atoms with Crippen molar-refractivity contribution in [3.63, 3.8) is 0 Å². The predicted octanol–water partition coefficient (Wildman–Crippen LogP) is 4.18. The Morgan fingerprint density at radius 3 is 2.96 bits per heavy atom. The summed E-state index contributed by atoms with van der Waals surface area (Å²) in [6, 6.07) is 7.11. The van der Waals surface area contributed by atoms with Crippen LogP contribution < -0.4 is 5.32 Å². The summed E-state index contributed by atoms with van der Waals surface area (Å²) in [5.41, 5.74) is 2.14. The summed E-state index contributed by atoms with van der Waals surface area (Å²) >= 11 is 0. The van der Waals surface area contributed by atoms with E-state index in [1.807, 2.05) is 15.6 Å². The van der Waals surface area contributed by atoms with E-state index >= 15 is 0 Å². The van der Waals surface area contributed by atoms with E-state index in [1.165, 1.54) is 0 Å². The maximum Gasteiger partial charge on any atom is 0.322 e. The van der Waals surface area contributed by atoms with Crippen LogP contribution in [0.4, 0.5) is 10.5 Å². The fourth-order valence-corrected chi connectivity index (χ4v) is 3.40. The largest absolute Gasteiger partial charge is 0.507 e. The number of benzene rings is 1. The molecular formula is C19H24N4O2. The average molecular weight is 340 g/mol. The number of phenols is 1. The van der Waals surface area contributed by atoms with E-state index in [1.54, 1.807) is 30.5 Å². The first-order valence-electron chi connectivity index (χ1n) is 8.58. The van der Waals surface area contributed by atoms with Crippen LogP contribution in [0.5, 0.6) is 5.75 Å². The number of likely N-dealkylation sites (tertiary alicyclic amines) is 1. The first-order valence-corrected chi connectivity index (χ1v) is 8.58. The standard InChI is InChI=1S/C19H24N4O2/c1-4-14-15(7-5-9-18(14)24)21-19(25)22-12-6-8-16(22)17-10-11-20-23(17)13(2)3/h4-5,7,9-11,13,16,24H,1,6,8,12H2,2-3H3,(H,21,25). The van der Waals surface area contributed by atoms with Crippen molar-refractivity contribution in [1.82, 2.24) is 14.7 Å². The monoisotopic (exact) mass is 340 g/mol. The van der Waals surface area contributed by atoms with E-state index < -0.39 is 0 Å². The lowest BCUT2D eigenvalue weighted by Gasteiger charge is -2.27. The van der Waals surface area contributed by atoms with Crippen LogP contribution in [0.2, 0.25) is 0 Å². The molecule has 25 heavy (non-hydrogen) atoms. The van der Waals surface area contributed by atoms with Gasteiger partial charge in [0.15, 0.2) is 0 Å². The molecule has 6 nitrogen and oxygen atoms in total. The molecular weight excluding hydrogens is 316 g/mol. The van der Waals surface area contributed by atoms with Crippen molar-refractivity contribution in [3.05, 3.63) is 48.3 Å². The zero-order valence-electron chi connectivity index (χ0n) is 14.6. The molecule has 132 valence electrons. The normalized spacial score (nSPS) is 17.1. The zero-order chi connectivity index (χ0) is 18.0. The van der Waals surface area contributed by atoms with Crippen molar-refractivity contribution >= 4 is 17.8 Å². The van der Waals surface area contributed by atoms with Crippen LogP contribution in [0.25, 0.3) is 6.08 Å². The third kappa shape index (κ3) is 3.24. The SMILES string of the molecule is C=Cc1c(O)cccc1NC(=O)N1CCCC1c1ccnn1C(C)C. The predicted molar refractivity (Wildman–Crippen MR) is 98.5 cm³/mol. The number of aromatic nitrogens is 2. The highest BCUT2D eigenvalue weighted by atomic mass is 16.3. The van der Waals surface area contributed by atoms with Crippen molar-refractivity contribution in [2.45, 2.75) is 38.8 Å². The molecule has 0 aliphatic carbocycles. The van der Waals surface area contributed by atoms with E-state index in [0.717, 1.165) is 18.5 Å². The van der Waals surface area contributed by atoms with Crippen LogP contribution >= 0.6 is 0 Å². The molecule has 2 amide bonds. The summed E-state index contributed by atoms with van der Waals surface area (Å²) in [4.78, 5) is 14.7. The highest BCUT2D eigenvalue weighted by molar-refractivity contribution is 5.92. The summed E-state index contributed by atoms with van der Waals surface area (Å²) in [5.74, 6) is 0.101. The molecule has 6 heteroatoms. The van der Waals surface area contributed by atoms with E-state index in [4.69, 9.17) is 0 Å². The van der Waals surface area contributed by atoms with Gasteiger partial charge in [0.2, 0.25) is 0 Å². The maximum absolute atomic E-state index is 12.9. The number of nitrogens with zero attached hydrogens (tertiary/aromatic N) is 3. The number of hydrogen-bond acceptors (Lipinski definition) is 3. The smallest absolute Gasteiger partial charge is 0.322 e. The molecule has 1 aliphatic rings. The minimum Gasteiger partial charge on any atom is -0.507 e. The van der Waals surface area contributed by atoms with E-state index in [2.05, 4.69) is 30.8 Å². The summed E-state index contributed by atoms with van der Waals surface area (Å²) < 4.78 is 1.97. The van der Waals surface area contributed by atoms with Crippen molar-refractivity contribution < 1.29 is 9.90 Å². The summed E-state index contributed by atoms with van der Waals surface area (Å²) in [6.45, 7) is 8.57. The first-order chi connectivity index (χ1) is 12.0. The molecule has 1 aliphatic heterocycles. The average Bonchev–Trinajstić information content (AvgIpc) is 3.23. The van der Waals surface area contributed by atoms with Gasteiger partial charge < -0.3 is 15.3 Å². The summed E-state index contributed by atoms with van der Waals surface area (Å²) in [6.07, 6.45) is 5.20. The van der Waals surface area contributed by atoms with Crippen LogP contribution in [0, 0.1) is 0 Å². The number of urea groups is 1. The van der Waals surface area contributed by atoms with Gasteiger partial charge in [0.1, 0.15) is 5.75 Å². The van der Waals surface area contributed by atoms with Gasteiger partial charge in [-0.15, -0.1) is 0 Å². The molecule has 2 aromatic rings.